The number of ether oxygens (including phenoxy) is 1. The Morgan fingerprint density at radius 1 is 1.33 bits per heavy atom. The van der Waals surface area contributed by atoms with Gasteiger partial charge < -0.3 is 9.64 Å². The highest BCUT2D eigenvalue weighted by molar-refractivity contribution is 4.97. The van der Waals surface area contributed by atoms with Gasteiger partial charge in [-0.1, -0.05) is 0 Å². The molecule has 3 nitrogen and oxygen atoms in total. The topological polar surface area (TPSA) is 15.7 Å². The highest BCUT2D eigenvalue weighted by Crippen LogP contribution is 2.28. The van der Waals surface area contributed by atoms with Crippen molar-refractivity contribution in [3.8, 4) is 0 Å². The van der Waals surface area contributed by atoms with Crippen LogP contribution in [0.4, 0.5) is 0 Å². The molecule has 2 heterocycles. The number of hydrogen-bond donors (Lipinski definition) is 0. The molecule has 2 aliphatic rings. The Bertz CT molecular complexity index is 161. The first-order valence-corrected chi connectivity index (χ1v) is 4.74. The van der Waals surface area contributed by atoms with Gasteiger partial charge in [-0.05, 0) is 13.5 Å². The molecule has 3 heteroatoms. The number of likely N-dealkylation sites (N-methyl/N-ethyl adjacent to an activating group) is 1. The Labute approximate surface area is 74.3 Å². The van der Waals surface area contributed by atoms with E-state index in [0.717, 1.165) is 25.2 Å². The number of nitrogens with zero attached hydrogens (tertiary/aromatic N) is 2. The second kappa shape index (κ2) is 3.32. The SMILES string of the molecule is COCCN1C[C@@H]2C[C@H]1CN2C. The molecular weight excluding hydrogens is 152 g/mol. The van der Waals surface area contributed by atoms with E-state index in [0.29, 0.717) is 0 Å². The van der Waals surface area contributed by atoms with E-state index in [1.54, 1.807) is 7.11 Å². The average Bonchev–Trinajstić information content (AvgIpc) is 2.58. The Morgan fingerprint density at radius 3 is 2.67 bits per heavy atom. The van der Waals surface area contributed by atoms with Crippen molar-refractivity contribution in [3.05, 3.63) is 0 Å². The van der Waals surface area contributed by atoms with Crippen LogP contribution in [-0.4, -0.2) is 62.3 Å². The molecular formula is C9H18N2O. The minimum atomic E-state index is 0.815. The van der Waals surface area contributed by atoms with Crippen LogP contribution in [0, 0.1) is 0 Å². The third kappa shape index (κ3) is 1.37. The van der Waals surface area contributed by atoms with Gasteiger partial charge in [0.25, 0.3) is 0 Å². The van der Waals surface area contributed by atoms with Gasteiger partial charge in [-0.3, -0.25) is 4.90 Å². The molecule has 2 rings (SSSR count). The monoisotopic (exact) mass is 170 g/mol. The maximum absolute atomic E-state index is 5.08. The molecule has 2 aliphatic heterocycles. The lowest BCUT2D eigenvalue weighted by Gasteiger charge is -2.31. The maximum atomic E-state index is 5.08. The summed E-state index contributed by atoms with van der Waals surface area (Å²) >= 11 is 0. The summed E-state index contributed by atoms with van der Waals surface area (Å²) in [6, 6.07) is 1.64. The van der Waals surface area contributed by atoms with Crippen LogP contribution >= 0.6 is 0 Å². The smallest absolute Gasteiger partial charge is 0.0589 e. The minimum absolute atomic E-state index is 0.815. The third-order valence-corrected chi connectivity index (χ3v) is 3.21. The van der Waals surface area contributed by atoms with Crippen molar-refractivity contribution in [2.24, 2.45) is 0 Å². The predicted molar refractivity (Wildman–Crippen MR) is 48.3 cm³/mol. The van der Waals surface area contributed by atoms with Crippen LogP contribution in [0.15, 0.2) is 0 Å². The lowest BCUT2D eigenvalue weighted by atomic mass is 10.2. The molecule has 0 radical (unpaired) electrons. The van der Waals surface area contributed by atoms with Crippen molar-refractivity contribution < 1.29 is 4.74 Å². The zero-order valence-corrected chi connectivity index (χ0v) is 7.99. The van der Waals surface area contributed by atoms with Crippen LogP contribution in [0.5, 0.6) is 0 Å². The highest BCUT2D eigenvalue weighted by Gasteiger charge is 2.40. The number of likely N-dealkylation sites (tertiary alicyclic amines) is 2. The van der Waals surface area contributed by atoms with Crippen molar-refractivity contribution in [2.45, 2.75) is 18.5 Å². The average molecular weight is 170 g/mol. The summed E-state index contributed by atoms with van der Waals surface area (Å²) in [5.74, 6) is 0. The van der Waals surface area contributed by atoms with Crippen LogP contribution in [0.2, 0.25) is 0 Å². The number of rotatable bonds is 3. The van der Waals surface area contributed by atoms with Crippen LogP contribution in [0.25, 0.3) is 0 Å². The molecule has 12 heavy (non-hydrogen) atoms. The Morgan fingerprint density at radius 2 is 2.17 bits per heavy atom. The molecule has 0 saturated carbocycles. The van der Waals surface area contributed by atoms with E-state index < -0.39 is 0 Å². The fourth-order valence-electron chi connectivity index (χ4n) is 2.43. The summed E-state index contributed by atoms with van der Waals surface area (Å²) in [4.78, 5) is 5.04. The summed E-state index contributed by atoms with van der Waals surface area (Å²) in [6.07, 6.45) is 1.38. The molecule has 2 saturated heterocycles. The fraction of sp³-hybridized carbons (Fsp3) is 1.00. The van der Waals surface area contributed by atoms with Gasteiger partial charge in [-0.15, -0.1) is 0 Å². The van der Waals surface area contributed by atoms with E-state index >= 15 is 0 Å². The summed E-state index contributed by atoms with van der Waals surface area (Å²) in [6.45, 7) is 4.51. The molecule has 2 bridgehead atoms. The molecule has 0 amide bonds. The Hall–Kier alpha value is -0.120. The molecule has 0 aromatic carbocycles. The van der Waals surface area contributed by atoms with Crippen molar-refractivity contribution >= 4 is 0 Å². The number of methoxy groups -OCH3 is 1. The molecule has 0 aromatic heterocycles. The van der Waals surface area contributed by atoms with Crippen LogP contribution < -0.4 is 0 Å². The molecule has 2 atom stereocenters. The predicted octanol–water partition coefficient (Wildman–Crippen LogP) is 0.0211. The van der Waals surface area contributed by atoms with Crippen LogP contribution in [0.3, 0.4) is 0 Å². The molecule has 0 aromatic rings. The molecule has 2 fully saturated rings. The van der Waals surface area contributed by atoms with E-state index in [4.69, 9.17) is 4.74 Å². The van der Waals surface area contributed by atoms with Crippen molar-refractivity contribution in [1.82, 2.24) is 9.80 Å². The largest absolute Gasteiger partial charge is 0.383 e. The first kappa shape index (κ1) is 8.48. The Balaban J connectivity index is 1.82. The summed E-state index contributed by atoms with van der Waals surface area (Å²) < 4.78 is 5.08. The molecule has 0 N–H and O–H groups in total. The van der Waals surface area contributed by atoms with Gasteiger partial charge in [0, 0.05) is 38.8 Å². The van der Waals surface area contributed by atoms with Crippen LogP contribution in [-0.2, 0) is 4.74 Å². The summed E-state index contributed by atoms with van der Waals surface area (Å²) in [5.41, 5.74) is 0. The maximum Gasteiger partial charge on any atom is 0.0589 e. The third-order valence-electron chi connectivity index (χ3n) is 3.21. The summed E-state index contributed by atoms with van der Waals surface area (Å²) in [5, 5.41) is 0. The van der Waals surface area contributed by atoms with Crippen LogP contribution in [0.1, 0.15) is 6.42 Å². The number of hydrogen-bond acceptors (Lipinski definition) is 3. The second-order valence-electron chi connectivity index (χ2n) is 3.97. The normalized spacial score (nSPS) is 36.5. The van der Waals surface area contributed by atoms with E-state index in [2.05, 4.69) is 16.8 Å². The van der Waals surface area contributed by atoms with E-state index in [1.807, 2.05) is 0 Å². The van der Waals surface area contributed by atoms with Crippen molar-refractivity contribution in [2.75, 3.05) is 40.4 Å². The van der Waals surface area contributed by atoms with E-state index in [9.17, 15) is 0 Å². The molecule has 0 unspecified atom stereocenters. The van der Waals surface area contributed by atoms with Gasteiger partial charge in [0.05, 0.1) is 6.61 Å². The van der Waals surface area contributed by atoms with E-state index in [-0.39, 0.29) is 0 Å². The quantitative estimate of drug-likeness (QED) is 0.594. The van der Waals surface area contributed by atoms with Gasteiger partial charge in [0.15, 0.2) is 0 Å². The van der Waals surface area contributed by atoms with Gasteiger partial charge in [-0.2, -0.15) is 0 Å². The van der Waals surface area contributed by atoms with Gasteiger partial charge >= 0.3 is 0 Å². The lowest BCUT2D eigenvalue weighted by molar-refractivity contribution is 0.104. The molecule has 0 spiro atoms. The molecule has 70 valence electrons. The first-order valence-electron chi connectivity index (χ1n) is 4.74. The lowest BCUT2D eigenvalue weighted by Crippen LogP contribution is -2.45. The van der Waals surface area contributed by atoms with Crippen molar-refractivity contribution in [1.29, 1.82) is 0 Å². The zero-order chi connectivity index (χ0) is 8.55. The first-order chi connectivity index (χ1) is 5.81. The minimum Gasteiger partial charge on any atom is -0.383 e. The van der Waals surface area contributed by atoms with Gasteiger partial charge in [-0.25, -0.2) is 0 Å². The zero-order valence-electron chi connectivity index (χ0n) is 7.99. The number of piperazine rings is 1. The van der Waals surface area contributed by atoms with Crippen molar-refractivity contribution in [3.63, 3.8) is 0 Å². The van der Waals surface area contributed by atoms with E-state index in [1.165, 1.54) is 19.5 Å². The Kier molecular flexibility index (Phi) is 2.35. The fourth-order valence-corrected chi connectivity index (χ4v) is 2.43. The second-order valence-corrected chi connectivity index (χ2v) is 3.97. The van der Waals surface area contributed by atoms with Gasteiger partial charge in [0.2, 0.25) is 0 Å². The molecule has 0 aliphatic carbocycles. The van der Waals surface area contributed by atoms with Gasteiger partial charge in [0.1, 0.15) is 0 Å². The summed E-state index contributed by atoms with van der Waals surface area (Å²) in [7, 11) is 4.01. The number of fused-ring (bicyclic) bond motifs is 2. The standard InChI is InChI=1S/C9H18N2O/c1-10-6-9-5-8(10)7-11(9)3-4-12-2/h8-9H,3-7H2,1-2H3/t8-,9-/m0/s1. The highest BCUT2D eigenvalue weighted by atomic mass is 16.5.